The Morgan fingerprint density at radius 3 is 2.57 bits per heavy atom. The van der Waals surface area contributed by atoms with Crippen LogP contribution in [0.25, 0.3) is 0 Å². The summed E-state index contributed by atoms with van der Waals surface area (Å²) in [4.78, 5) is 12.5. The van der Waals surface area contributed by atoms with E-state index in [1.165, 1.54) is 23.1 Å². The van der Waals surface area contributed by atoms with Crippen LogP contribution in [0.4, 0.5) is 5.69 Å². The van der Waals surface area contributed by atoms with Crippen molar-refractivity contribution in [3.63, 3.8) is 0 Å². The van der Waals surface area contributed by atoms with E-state index in [4.69, 9.17) is 0 Å². The first-order valence-corrected chi connectivity index (χ1v) is 11.5. The highest BCUT2D eigenvalue weighted by Crippen LogP contribution is 2.21. The average molecular weight is 450 g/mol. The number of H-pyrrole nitrogens is 1. The molecule has 0 fully saturated rings. The van der Waals surface area contributed by atoms with Crippen molar-refractivity contribution < 1.29 is 13.2 Å². The number of aryl methyl sites for hydroxylation is 2. The van der Waals surface area contributed by atoms with Crippen LogP contribution in [0.3, 0.4) is 0 Å². The summed E-state index contributed by atoms with van der Waals surface area (Å²) < 4.78 is 28.3. The lowest BCUT2D eigenvalue weighted by molar-refractivity contribution is -0.113. The number of aromatic amines is 1. The van der Waals surface area contributed by atoms with Crippen LogP contribution in [0.15, 0.2) is 40.4 Å². The van der Waals surface area contributed by atoms with Gasteiger partial charge in [0, 0.05) is 14.1 Å². The molecule has 2 N–H and O–H groups in total. The van der Waals surface area contributed by atoms with Crippen molar-refractivity contribution in [1.82, 2.24) is 29.3 Å². The number of benzene rings is 1. The molecular formula is C18H23N7O3S2. The molecule has 2 aromatic heterocycles. The van der Waals surface area contributed by atoms with Crippen LogP contribution in [0.5, 0.6) is 0 Å². The van der Waals surface area contributed by atoms with Crippen LogP contribution in [-0.2, 0) is 28.4 Å². The number of thioether (sulfide) groups is 1. The maximum atomic E-state index is 12.7. The van der Waals surface area contributed by atoms with Gasteiger partial charge in [0.1, 0.15) is 5.82 Å². The Kier molecular flexibility index (Phi) is 6.58. The molecule has 3 rings (SSSR count). The smallest absolute Gasteiger partial charge is 0.243 e. The van der Waals surface area contributed by atoms with Crippen LogP contribution in [-0.4, -0.2) is 56.4 Å². The lowest BCUT2D eigenvalue weighted by Gasteiger charge is -2.16. The molecule has 3 aromatic rings. The zero-order valence-corrected chi connectivity index (χ0v) is 18.7. The van der Waals surface area contributed by atoms with Crippen molar-refractivity contribution >= 4 is 33.4 Å². The van der Waals surface area contributed by atoms with E-state index in [9.17, 15) is 13.2 Å². The largest absolute Gasteiger partial charge is 0.322 e. The number of aromatic nitrogens is 5. The van der Waals surface area contributed by atoms with Gasteiger partial charge in [-0.3, -0.25) is 9.89 Å². The molecule has 0 bridgehead atoms. The molecule has 0 atom stereocenters. The topological polar surface area (TPSA) is 126 Å². The van der Waals surface area contributed by atoms with E-state index in [0.29, 0.717) is 16.7 Å². The zero-order valence-electron chi connectivity index (χ0n) is 17.1. The molecule has 0 saturated heterocycles. The molecule has 2 heterocycles. The molecule has 160 valence electrons. The van der Waals surface area contributed by atoms with E-state index < -0.39 is 10.0 Å². The number of nitrogens with one attached hydrogen (secondary N) is 2. The van der Waals surface area contributed by atoms with Gasteiger partial charge < -0.3 is 9.88 Å². The molecule has 10 nitrogen and oxygen atoms in total. The second kappa shape index (κ2) is 8.98. The fourth-order valence-electron chi connectivity index (χ4n) is 2.71. The Bertz CT molecular complexity index is 1120. The molecule has 12 heteroatoms. The van der Waals surface area contributed by atoms with Crippen molar-refractivity contribution in [2.75, 3.05) is 18.1 Å². The molecule has 1 aromatic carbocycles. The predicted octanol–water partition coefficient (Wildman–Crippen LogP) is 1.71. The number of anilines is 1. The van der Waals surface area contributed by atoms with Crippen LogP contribution in [0.2, 0.25) is 0 Å². The summed E-state index contributed by atoms with van der Waals surface area (Å²) in [5, 5.41) is 18.4. The fourth-order valence-corrected chi connectivity index (χ4v) is 4.58. The lowest BCUT2D eigenvalue weighted by Crippen LogP contribution is -2.27. The minimum Gasteiger partial charge on any atom is -0.322 e. The van der Waals surface area contributed by atoms with Gasteiger partial charge in [0.25, 0.3) is 0 Å². The van der Waals surface area contributed by atoms with Crippen molar-refractivity contribution in [3.8, 4) is 0 Å². The van der Waals surface area contributed by atoms with Gasteiger partial charge in [0.05, 0.1) is 34.3 Å². The SMILES string of the molecule is Cc1n[nH]c(C)c1NC(=O)CSc1nnc(CN(C)S(=O)(=O)c2ccccc2)n1C. The molecule has 0 spiro atoms. The molecule has 30 heavy (non-hydrogen) atoms. The van der Waals surface area contributed by atoms with E-state index in [1.54, 1.807) is 48.9 Å². The first-order chi connectivity index (χ1) is 14.2. The molecule has 0 aliphatic carbocycles. The van der Waals surface area contributed by atoms with Crippen molar-refractivity contribution in [2.24, 2.45) is 7.05 Å². The van der Waals surface area contributed by atoms with Crippen molar-refractivity contribution in [3.05, 3.63) is 47.5 Å². The summed E-state index contributed by atoms with van der Waals surface area (Å²) in [6.45, 7) is 3.69. The molecule has 1 amide bonds. The number of nitrogens with zero attached hydrogens (tertiary/aromatic N) is 5. The van der Waals surface area contributed by atoms with Crippen molar-refractivity contribution in [1.29, 1.82) is 0 Å². The number of hydrogen-bond donors (Lipinski definition) is 2. The maximum absolute atomic E-state index is 12.7. The van der Waals surface area contributed by atoms with Crippen LogP contribution in [0.1, 0.15) is 17.2 Å². The Morgan fingerprint density at radius 2 is 1.93 bits per heavy atom. The second-order valence-electron chi connectivity index (χ2n) is 6.68. The van der Waals surface area contributed by atoms with Gasteiger partial charge in [-0.2, -0.15) is 9.40 Å². The van der Waals surface area contributed by atoms with E-state index in [1.807, 2.05) is 6.92 Å². The third-order valence-electron chi connectivity index (χ3n) is 4.47. The van der Waals surface area contributed by atoms with Gasteiger partial charge in [-0.15, -0.1) is 10.2 Å². The van der Waals surface area contributed by atoms with Gasteiger partial charge >= 0.3 is 0 Å². The number of sulfonamides is 1. The fraction of sp³-hybridized carbons (Fsp3) is 0.333. The quantitative estimate of drug-likeness (QED) is 0.501. The van der Waals surface area contributed by atoms with Gasteiger partial charge in [-0.1, -0.05) is 30.0 Å². The van der Waals surface area contributed by atoms with Gasteiger partial charge in [0.2, 0.25) is 15.9 Å². The predicted molar refractivity (Wildman–Crippen MR) is 114 cm³/mol. The number of rotatable bonds is 8. The maximum Gasteiger partial charge on any atom is 0.243 e. The van der Waals surface area contributed by atoms with E-state index >= 15 is 0 Å². The molecule has 0 radical (unpaired) electrons. The Hall–Kier alpha value is -2.70. The minimum absolute atomic E-state index is 0.0564. The third-order valence-corrected chi connectivity index (χ3v) is 7.30. The molecule has 0 saturated carbocycles. The molecular weight excluding hydrogens is 426 g/mol. The number of carbonyl (C=O) groups excluding carboxylic acids is 1. The minimum atomic E-state index is -3.64. The summed E-state index contributed by atoms with van der Waals surface area (Å²) in [5.41, 5.74) is 2.18. The Balaban J connectivity index is 1.62. The summed E-state index contributed by atoms with van der Waals surface area (Å²) in [5.74, 6) is 0.413. The standard InChI is InChI=1S/C18H23N7O3S2/c1-12-17(13(2)21-20-12)19-16(26)11-29-18-23-22-15(25(18)4)10-24(3)30(27,28)14-8-6-5-7-9-14/h5-9H,10-11H2,1-4H3,(H,19,26)(H,20,21). The van der Waals surface area contributed by atoms with Gasteiger partial charge in [-0.05, 0) is 26.0 Å². The van der Waals surface area contributed by atoms with E-state index in [-0.39, 0.29) is 23.1 Å². The van der Waals surface area contributed by atoms with E-state index in [2.05, 4.69) is 25.7 Å². The number of carbonyl (C=O) groups is 1. The first-order valence-electron chi connectivity index (χ1n) is 9.04. The number of hydrogen-bond acceptors (Lipinski definition) is 7. The Labute approximate surface area is 179 Å². The van der Waals surface area contributed by atoms with E-state index in [0.717, 1.165) is 11.4 Å². The molecule has 0 unspecified atom stereocenters. The summed E-state index contributed by atoms with van der Waals surface area (Å²) in [6, 6.07) is 8.21. The van der Waals surface area contributed by atoms with Crippen LogP contribution in [0, 0.1) is 13.8 Å². The van der Waals surface area contributed by atoms with Gasteiger partial charge in [0.15, 0.2) is 5.16 Å². The normalized spacial score (nSPS) is 11.8. The third kappa shape index (κ3) is 4.71. The lowest BCUT2D eigenvalue weighted by atomic mass is 10.3. The van der Waals surface area contributed by atoms with Gasteiger partial charge in [-0.25, -0.2) is 8.42 Å². The zero-order chi connectivity index (χ0) is 21.9. The second-order valence-corrected chi connectivity index (χ2v) is 9.67. The van der Waals surface area contributed by atoms with Crippen LogP contribution < -0.4 is 5.32 Å². The summed E-state index contributed by atoms with van der Waals surface area (Å²) in [7, 11) is -0.403. The highest BCUT2D eigenvalue weighted by atomic mass is 32.2. The van der Waals surface area contributed by atoms with Crippen LogP contribution >= 0.6 is 11.8 Å². The summed E-state index contributed by atoms with van der Waals surface area (Å²) >= 11 is 1.22. The highest BCUT2D eigenvalue weighted by Gasteiger charge is 2.23. The molecule has 0 aliphatic rings. The number of amides is 1. The highest BCUT2D eigenvalue weighted by molar-refractivity contribution is 7.99. The summed E-state index contributed by atoms with van der Waals surface area (Å²) in [6.07, 6.45) is 0. The first kappa shape index (κ1) is 22.0. The molecule has 0 aliphatic heterocycles. The monoisotopic (exact) mass is 449 g/mol. The Morgan fingerprint density at radius 1 is 1.23 bits per heavy atom. The average Bonchev–Trinajstić information content (AvgIpc) is 3.23. The van der Waals surface area contributed by atoms with Crippen molar-refractivity contribution in [2.45, 2.75) is 30.4 Å².